The van der Waals surface area contributed by atoms with Gasteiger partial charge >= 0.3 is 0 Å². The van der Waals surface area contributed by atoms with Crippen molar-refractivity contribution in [3.8, 4) is 0 Å². The standard InChI is InChI=1S/C17H22F2N2/c18-15-6-11(8-20-14-4-5-14)7-16(19)17(15)21-9-12-2-1-3-13(12)10-21/h6-7,12-14,20H,1-5,8-10H2. The summed E-state index contributed by atoms with van der Waals surface area (Å²) in [6.07, 6.45) is 6.07. The van der Waals surface area contributed by atoms with Crippen LogP contribution in [-0.2, 0) is 6.54 Å². The third kappa shape index (κ3) is 2.66. The minimum absolute atomic E-state index is 0.194. The van der Waals surface area contributed by atoms with Crippen molar-refractivity contribution >= 4 is 5.69 Å². The summed E-state index contributed by atoms with van der Waals surface area (Å²) in [4.78, 5) is 1.93. The summed E-state index contributed by atoms with van der Waals surface area (Å²) in [5.74, 6) is 0.477. The van der Waals surface area contributed by atoms with Gasteiger partial charge in [0.05, 0.1) is 0 Å². The number of fused-ring (bicyclic) bond motifs is 1. The lowest BCUT2D eigenvalue weighted by atomic mass is 10.0. The zero-order chi connectivity index (χ0) is 14.4. The third-order valence-corrected chi connectivity index (χ3v) is 5.29. The minimum Gasteiger partial charge on any atom is -0.366 e. The zero-order valence-electron chi connectivity index (χ0n) is 12.2. The van der Waals surface area contributed by atoms with Crippen LogP contribution in [-0.4, -0.2) is 19.1 Å². The van der Waals surface area contributed by atoms with Crippen LogP contribution in [0.4, 0.5) is 14.5 Å². The molecule has 3 aliphatic rings. The summed E-state index contributed by atoms with van der Waals surface area (Å²) >= 11 is 0. The Morgan fingerprint density at radius 3 is 2.19 bits per heavy atom. The summed E-state index contributed by atoms with van der Waals surface area (Å²) in [6, 6.07) is 3.55. The van der Waals surface area contributed by atoms with Gasteiger partial charge in [-0.15, -0.1) is 0 Å². The van der Waals surface area contributed by atoms with E-state index in [4.69, 9.17) is 0 Å². The smallest absolute Gasteiger partial charge is 0.149 e. The second-order valence-electron chi connectivity index (χ2n) is 6.92. The lowest BCUT2D eigenvalue weighted by Gasteiger charge is -2.21. The molecule has 1 saturated heterocycles. The van der Waals surface area contributed by atoms with Gasteiger partial charge in [0.25, 0.3) is 0 Å². The molecule has 1 aromatic rings. The molecule has 114 valence electrons. The molecule has 2 nitrogen and oxygen atoms in total. The first-order valence-electron chi connectivity index (χ1n) is 8.17. The molecule has 1 heterocycles. The van der Waals surface area contributed by atoms with E-state index in [0.29, 0.717) is 30.0 Å². The van der Waals surface area contributed by atoms with Crippen molar-refractivity contribution < 1.29 is 8.78 Å². The fraction of sp³-hybridized carbons (Fsp3) is 0.647. The van der Waals surface area contributed by atoms with Crippen molar-refractivity contribution in [1.82, 2.24) is 5.32 Å². The van der Waals surface area contributed by atoms with Crippen molar-refractivity contribution in [2.24, 2.45) is 11.8 Å². The zero-order valence-corrected chi connectivity index (χ0v) is 12.2. The van der Waals surface area contributed by atoms with Gasteiger partial charge in [-0.2, -0.15) is 0 Å². The van der Waals surface area contributed by atoms with E-state index in [1.54, 1.807) is 0 Å². The molecule has 4 heteroatoms. The summed E-state index contributed by atoms with van der Waals surface area (Å²) in [6.45, 7) is 2.19. The molecule has 3 fully saturated rings. The van der Waals surface area contributed by atoms with Crippen molar-refractivity contribution in [2.75, 3.05) is 18.0 Å². The lowest BCUT2D eigenvalue weighted by Crippen LogP contribution is -2.24. The Balaban J connectivity index is 1.51. The van der Waals surface area contributed by atoms with E-state index in [9.17, 15) is 8.78 Å². The maximum atomic E-state index is 14.4. The Morgan fingerprint density at radius 1 is 1.00 bits per heavy atom. The fourth-order valence-electron chi connectivity index (χ4n) is 3.99. The quantitative estimate of drug-likeness (QED) is 0.914. The van der Waals surface area contributed by atoms with Gasteiger partial charge in [-0.3, -0.25) is 0 Å². The molecule has 0 spiro atoms. The number of hydrogen-bond acceptors (Lipinski definition) is 2. The van der Waals surface area contributed by atoms with Gasteiger partial charge < -0.3 is 10.2 Å². The number of benzene rings is 1. The molecule has 1 N–H and O–H groups in total. The first kappa shape index (κ1) is 13.5. The van der Waals surface area contributed by atoms with Gasteiger partial charge in [0, 0.05) is 25.7 Å². The van der Waals surface area contributed by atoms with Crippen molar-refractivity contribution in [1.29, 1.82) is 0 Å². The minimum atomic E-state index is -0.400. The average Bonchev–Trinajstić information content (AvgIpc) is 3.03. The summed E-state index contributed by atoms with van der Waals surface area (Å²) < 4.78 is 28.7. The number of nitrogens with zero attached hydrogens (tertiary/aromatic N) is 1. The molecule has 2 atom stereocenters. The highest BCUT2D eigenvalue weighted by Crippen LogP contribution is 2.41. The van der Waals surface area contributed by atoms with Crippen molar-refractivity contribution in [3.63, 3.8) is 0 Å². The highest BCUT2D eigenvalue weighted by Gasteiger charge is 2.37. The molecule has 0 radical (unpaired) electrons. The number of hydrogen-bond donors (Lipinski definition) is 1. The molecule has 21 heavy (non-hydrogen) atoms. The Hall–Kier alpha value is -1.16. The molecule has 2 aliphatic carbocycles. The predicted molar refractivity (Wildman–Crippen MR) is 79.3 cm³/mol. The van der Waals surface area contributed by atoms with E-state index in [-0.39, 0.29) is 5.69 Å². The summed E-state index contributed by atoms with van der Waals surface area (Å²) in [7, 11) is 0. The van der Waals surface area contributed by atoms with Crippen LogP contribution in [0.15, 0.2) is 12.1 Å². The molecular weight excluding hydrogens is 270 g/mol. The highest BCUT2D eigenvalue weighted by atomic mass is 19.1. The first-order chi connectivity index (χ1) is 10.2. The van der Waals surface area contributed by atoms with Gasteiger partial charge in [0.2, 0.25) is 0 Å². The third-order valence-electron chi connectivity index (χ3n) is 5.29. The number of nitrogens with one attached hydrogen (secondary N) is 1. The van der Waals surface area contributed by atoms with Gasteiger partial charge in [-0.25, -0.2) is 8.78 Å². The molecule has 1 aliphatic heterocycles. The van der Waals surface area contributed by atoms with E-state index in [0.717, 1.165) is 13.1 Å². The van der Waals surface area contributed by atoms with Crippen LogP contribution in [0.5, 0.6) is 0 Å². The SMILES string of the molecule is Fc1cc(CNC2CC2)cc(F)c1N1CC2CCCC2C1. The summed E-state index contributed by atoms with van der Waals surface area (Å²) in [5.41, 5.74) is 0.902. The van der Waals surface area contributed by atoms with E-state index >= 15 is 0 Å². The maximum Gasteiger partial charge on any atom is 0.149 e. The van der Waals surface area contributed by atoms with Crippen LogP contribution in [0.2, 0.25) is 0 Å². The molecule has 4 rings (SSSR count). The number of rotatable bonds is 4. The van der Waals surface area contributed by atoms with Gasteiger partial charge in [-0.1, -0.05) is 6.42 Å². The fourth-order valence-corrected chi connectivity index (χ4v) is 3.99. The van der Waals surface area contributed by atoms with Crippen LogP contribution in [0, 0.1) is 23.5 Å². The van der Waals surface area contributed by atoms with Crippen LogP contribution >= 0.6 is 0 Å². The van der Waals surface area contributed by atoms with E-state index in [1.807, 2.05) is 4.90 Å². The van der Waals surface area contributed by atoms with Crippen LogP contribution < -0.4 is 10.2 Å². The van der Waals surface area contributed by atoms with Crippen LogP contribution in [0.1, 0.15) is 37.7 Å². The number of anilines is 1. The molecule has 0 aromatic heterocycles. The van der Waals surface area contributed by atoms with Crippen molar-refractivity contribution in [3.05, 3.63) is 29.3 Å². The topological polar surface area (TPSA) is 15.3 Å². The van der Waals surface area contributed by atoms with E-state index in [1.165, 1.54) is 44.2 Å². The Kier molecular flexibility index (Phi) is 3.37. The Bertz CT molecular complexity index is 507. The van der Waals surface area contributed by atoms with Gasteiger partial charge in [0.15, 0.2) is 0 Å². The largest absolute Gasteiger partial charge is 0.366 e. The average molecular weight is 292 g/mol. The van der Waals surface area contributed by atoms with Gasteiger partial charge in [0.1, 0.15) is 17.3 Å². The molecular formula is C17H22F2N2. The molecule has 0 bridgehead atoms. The molecule has 2 saturated carbocycles. The van der Waals surface area contributed by atoms with Crippen molar-refractivity contribution in [2.45, 2.75) is 44.7 Å². The molecule has 1 aromatic carbocycles. The Labute approximate surface area is 124 Å². The second kappa shape index (κ2) is 5.24. The molecule has 2 unspecified atom stereocenters. The van der Waals surface area contributed by atoms with E-state index < -0.39 is 11.6 Å². The monoisotopic (exact) mass is 292 g/mol. The van der Waals surface area contributed by atoms with Crippen LogP contribution in [0.25, 0.3) is 0 Å². The van der Waals surface area contributed by atoms with Crippen LogP contribution in [0.3, 0.4) is 0 Å². The number of halogens is 2. The van der Waals surface area contributed by atoms with E-state index in [2.05, 4.69) is 5.32 Å². The highest BCUT2D eigenvalue weighted by molar-refractivity contribution is 5.52. The normalized spacial score (nSPS) is 28.2. The molecule has 0 amide bonds. The first-order valence-corrected chi connectivity index (χ1v) is 8.17. The Morgan fingerprint density at radius 2 is 1.62 bits per heavy atom. The lowest BCUT2D eigenvalue weighted by molar-refractivity contribution is 0.494. The predicted octanol–water partition coefficient (Wildman–Crippen LogP) is 3.45. The van der Waals surface area contributed by atoms with Gasteiger partial charge in [-0.05, 0) is 55.2 Å². The second-order valence-corrected chi connectivity index (χ2v) is 6.92. The maximum absolute atomic E-state index is 14.4. The summed E-state index contributed by atoms with van der Waals surface area (Å²) in [5, 5.41) is 3.30.